The standard InChI is InChI=1S/C22H18FN3O5S/c23-17-2-4-21(31-13-15-5-8-24-9-6-15)19(11-17)16-1-3-20(26(28)12-16)22(27)25-18-7-10-32(29,30)14-18/h1-12,18H,13-14H2,(H,25,27)/t18-/m1/s1. The zero-order valence-corrected chi connectivity index (χ0v) is 17.5. The highest BCUT2D eigenvalue weighted by Crippen LogP contribution is 2.31. The number of carbonyl (C=O) groups is 1. The first kappa shape index (κ1) is 21.4. The van der Waals surface area contributed by atoms with Crippen molar-refractivity contribution in [1.29, 1.82) is 0 Å². The number of nitrogens with one attached hydrogen (secondary N) is 1. The largest absolute Gasteiger partial charge is 0.618 e. The normalized spacial score (nSPS) is 16.6. The number of sulfone groups is 1. The van der Waals surface area contributed by atoms with Crippen LogP contribution < -0.4 is 14.8 Å². The molecule has 1 N–H and O–H groups in total. The first-order chi connectivity index (χ1) is 15.3. The molecule has 10 heteroatoms. The predicted molar refractivity (Wildman–Crippen MR) is 114 cm³/mol. The average molecular weight is 455 g/mol. The minimum absolute atomic E-state index is 0.219. The SMILES string of the molecule is O=C(N[C@@H]1C=CS(=O)(=O)C1)c1ccc(-c2cc(F)ccc2OCc2ccncc2)c[n+]1[O-]. The third-order valence-electron chi connectivity index (χ3n) is 4.79. The molecule has 1 amide bonds. The zero-order chi connectivity index (χ0) is 22.7. The van der Waals surface area contributed by atoms with E-state index in [9.17, 15) is 22.8 Å². The summed E-state index contributed by atoms with van der Waals surface area (Å²) in [6, 6.07) is 9.62. The van der Waals surface area contributed by atoms with Crippen LogP contribution >= 0.6 is 0 Å². The Morgan fingerprint density at radius 1 is 1.22 bits per heavy atom. The molecule has 164 valence electrons. The maximum atomic E-state index is 13.9. The van der Waals surface area contributed by atoms with Gasteiger partial charge in [0.05, 0.1) is 17.4 Å². The predicted octanol–water partition coefficient (Wildman–Crippen LogP) is 2.14. The monoisotopic (exact) mass is 455 g/mol. The van der Waals surface area contributed by atoms with E-state index in [1.807, 2.05) is 0 Å². The van der Waals surface area contributed by atoms with E-state index in [-0.39, 0.29) is 18.1 Å². The van der Waals surface area contributed by atoms with E-state index in [2.05, 4.69) is 10.3 Å². The average Bonchev–Trinajstić information content (AvgIpc) is 3.11. The quantitative estimate of drug-likeness (QED) is 0.450. The van der Waals surface area contributed by atoms with Crippen LogP contribution in [0.3, 0.4) is 0 Å². The van der Waals surface area contributed by atoms with Gasteiger partial charge in [-0.05, 0) is 48.0 Å². The molecule has 1 aliphatic rings. The smallest absolute Gasteiger partial charge is 0.317 e. The lowest BCUT2D eigenvalue weighted by Gasteiger charge is -2.13. The van der Waals surface area contributed by atoms with E-state index in [1.54, 1.807) is 24.5 Å². The van der Waals surface area contributed by atoms with Crippen molar-refractivity contribution in [2.24, 2.45) is 0 Å². The molecule has 2 aromatic heterocycles. The fraction of sp³-hybridized carbons (Fsp3) is 0.136. The summed E-state index contributed by atoms with van der Waals surface area (Å²) in [6.45, 7) is 0.219. The molecule has 0 radical (unpaired) electrons. The molecule has 0 saturated carbocycles. The summed E-state index contributed by atoms with van der Waals surface area (Å²) >= 11 is 0. The third-order valence-corrected chi connectivity index (χ3v) is 6.19. The van der Waals surface area contributed by atoms with Crippen molar-refractivity contribution >= 4 is 15.7 Å². The van der Waals surface area contributed by atoms with Crippen LogP contribution in [0, 0.1) is 11.0 Å². The molecule has 1 aromatic carbocycles. The number of halogens is 1. The van der Waals surface area contributed by atoms with Gasteiger partial charge >= 0.3 is 5.91 Å². The number of pyridine rings is 2. The Balaban J connectivity index is 1.55. The molecule has 1 aliphatic heterocycles. The van der Waals surface area contributed by atoms with Crippen molar-refractivity contribution in [2.45, 2.75) is 12.6 Å². The lowest BCUT2D eigenvalue weighted by molar-refractivity contribution is -0.607. The maximum absolute atomic E-state index is 13.9. The van der Waals surface area contributed by atoms with Crippen LogP contribution in [0.5, 0.6) is 5.75 Å². The number of ether oxygens (including phenoxy) is 1. The number of nitrogens with zero attached hydrogens (tertiary/aromatic N) is 2. The number of amides is 1. The number of aromatic nitrogens is 2. The van der Waals surface area contributed by atoms with E-state index in [0.29, 0.717) is 21.6 Å². The van der Waals surface area contributed by atoms with Crippen LogP contribution in [0.2, 0.25) is 0 Å². The molecule has 0 unspecified atom stereocenters. The molecule has 32 heavy (non-hydrogen) atoms. The molecular weight excluding hydrogens is 437 g/mol. The summed E-state index contributed by atoms with van der Waals surface area (Å²) in [6.07, 6.45) is 5.76. The summed E-state index contributed by atoms with van der Waals surface area (Å²) in [5, 5.41) is 16.0. The summed E-state index contributed by atoms with van der Waals surface area (Å²) in [7, 11) is -3.34. The molecule has 3 heterocycles. The Morgan fingerprint density at radius 2 is 2.00 bits per heavy atom. The lowest BCUT2D eigenvalue weighted by Crippen LogP contribution is -2.43. The molecule has 8 nitrogen and oxygen atoms in total. The van der Waals surface area contributed by atoms with Gasteiger partial charge in [-0.2, -0.15) is 4.73 Å². The van der Waals surface area contributed by atoms with Crippen LogP contribution in [0.4, 0.5) is 4.39 Å². The van der Waals surface area contributed by atoms with Gasteiger partial charge in [0.15, 0.2) is 16.0 Å². The van der Waals surface area contributed by atoms with Crippen LogP contribution in [0.25, 0.3) is 11.1 Å². The van der Waals surface area contributed by atoms with Gasteiger partial charge in [-0.25, -0.2) is 12.8 Å². The van der Waals surface area contributed by atoms with E-state index < -0.39 is 27.6 Å². The second-order valence-electron chi connectivity index (χ2n) is 7.15. The van der Waals surface area contributed by atoms with Gasteiger partial charge in [0, 0.05) is 29.4 Å². The van der Waals surface area contributed by atoms with E-state index in [4.69, 9.17) is 4.74 Å². The van der Waals surface area contributed by atoms with Gasteiger partial charge in [-0.15, -0.1) is 0 Å². The van der Waals surface area contributed by atoms with Crippen LogP contribution in [-0.4, -0.2) is 31.1 Å². The van der Waals surface area contributed by atoms with Crippen LogP contribution in [-0.2, 0) is 16.4 Å². The second kappa shape index (κ2) is 8.75. The van der Waals surface area contributed by atoms with Gasteiger partial charge in [0.1, 0.15) is 18.2 Å². The Morgan fingerprint density at radius 3 is 2.69 bits per heavy atom. The van der Waals surface area contributed by atoms with Gasteiger partial charge < -0.3 is 15.3 Å². The zero-order valence-electron chi connectivity index (χ0n) is 16.6. The number of rotatable bonds is 6. The molecule has 0 spiro atoms. The van der Waals surface area contributed by atoms with E-state index >= 15 is 0 Å². The third kappa shape index (κ3) is 4.92. The van der Waals surface area contributed by atoms with Crippen LogP contribution in [0.1, 0.15) is 16.1 Å². The summed E-state index contributed by atoms with van der Waals surface area (Å²) < 4.78 is 43.1. The number of carbonyl (C=O) groups excluding carboxylic acids is 1. The van der Waals surface area contributed by atoms with E-state index in [1.165, 1.54) is 36.4 Å². The van der Waals surface area contributed by atoms with Gasteiger partial charge in [0.2, 0.25) is 0 Å². The lowest BCUT2D eigenvalue weighted by atomic mass is 10.1. The first-order valence-corrected chi connectivity index (χ1v) is 11.3. The van der Waals surface area contributed by atoms with Crippen molar-refractivity contribution < 1.29 is 27.1 Å². The highest BCUT2D eigenvalue weighted by molar-refractivity contribution is 7.94. The number of hydrogen-bond acceptors (Lipinski definition) is 6. The molecule has 0 bridgehead atoms. The fourth-order valence-corrected chi connectivity index (χ4v) is 4.45. The van der Waals surface area contributed by atoms with Gasteiger partial charge in [0.25, 0.3) is 5.69 Å². The summed E-state index contributed by atoms with van der Waals surface area (Å²) in [5.74, 6) is -1.12. The molecule has 0 fully saturated rings. The maximum Gasteiger partial charge on any atom is 0.317 e. The summed E-state index contributed by atoms with van der Waals surface area (Å²) in [5.41, 5.74) is 1.34. The van der Waals surface area contributed by atoms with Gasteiger partial charge in [-0.3, -0.25) is 9.78 Å². The highest BCUT2D eigenvalue weighted by atomic mass is 32.2. The van der Waals surface area contributed by atoms with Crippen molar-refractivity contribution in [3.8, 4) is 16.9 Å². The number of benzene rings is 1. The van der Waals surface area contributed by atoms with Crippen molar-refractivity contribution in [3.63, 3.8) is 0 Å². The number of hydrogen-bond donors (Lipinski definition) is 1. The molecule has 0 saturated heterocycles. The van der Waals surface area contributed by atoms with Crippen molar-refractivity contribution in [3.05, 3.63) is 94.8 Å². The van der Waals surface area contributed by atoms with Crippen molar-refractivity contribution in [1.82, 2.24) is 10.3 Å². The van der Waals surface area contributed by atoms with Gasteiger partial charge in [-0.1, -0.05) is 0 Å². The second-order valence-corrected chi connectivity index (χ2v) is 9.08. The molecule has 3 aromatic rings. The molecule has 1 atom stereocenters. The Bertz CT molecular complexity index is 1300. The molecule has 0 aliphatic carbocycles. The first-order valence-electron chi connectivity index (χ1n) is 9.57. The topological polar surface area (TPSA) is 112 Å². The van der Waals surface area contributed by atoms with E-state index in [0.717, 1.165) is 17.2 Å². The molecule has 4 rings (SSSR count). The Kier molecular flexibility index (Phi) is 5.87. The Labute approximate surface area is 183 Å². The fourth-order valence-electron chi connectivity index (χ4n) is 3.22. The van der Waals surface area contributed by atoms with Crippen LogP contribution in [0.15, 0.2) is 72.5 Å². The molecular formula is C22H18FN3O5S. The highest BCUT2D eigenvalue weighted by Gasteiger charge is 2.26. The minimum atomic E-state index is -3.34. The minimum Gasteiger partial charge on any atom is -0.618 e. The Hall–Kier alpha value is -3.79. The van der Waals surface area contributed by atoms with Crippen molar-refractivity contribution in [2.75, 3.05) is 5.75 Å². The summed E-state index contributed by atoms with van der Waals surface area (Å²) in [4.78, 5) is 16.3.